The summed E-state index contributed by atoms with van der Waals surface area (Å²) in [6.45, 7) is 0.477. The Morgan fingerprint density at radius 2 is 1.93 bits per heavy atom. The minimum absolute atomic E-state index is 0.0875. The van der Waals surface area contributed by atoms with Gasteiger partial charge in [-0.3, -0.25) is 0 Å². The number of fused-ring (bicyclic) bond motifs is 1. The zero-order valence-corrected chi connectivity index (χ0v) is 17.1. The Morgan fingerprint density at radius 1 is 1.15 bits per heavy atom. The smallest absolute Gasteiger partial charge is 0.231 e. The van der Waals surface area contributed by atoms with Gasteiger partial charge in [0.25, 0.3) is 0 Å². The molecular formula is C16H16ClNO6S3. The fraction of sp³-hybridized carbons (Fsp3) is 0.375. The van der Waals surface area contributed by atoms with Crippen molar-refractivity contribution in [2.24, 2.45) is 0 Å². The minimum Gasteiger partial charge on any atom is -0.454 e. The Labute approximate surface area is 166 Å². The van der Waals surface area contributed by atoms with Crippen molar-refractivity contribution in [2.75, 3.05) is 18.3 Å². The molecule has 1 fully saturated rings. The van der Waals surface area contributed by atoms with E-state index in [-0.39, 0.29) is 16.8 Å². The average molecular weight is 450 g/mol. The van der Waals surface area contributed by atoms with Crippen molar-refractivity contribution in [1.82, 2.24) is 5.32 Å². The van der Waals surface area contributed by atoms with Crippen LogP contribution in [0, 0.1) is 0 Å². The number of nitrogens with one attached hydrogen (secondary N) is 1. The topological polar surface area (TPSA) is 98.8 Å². The Kier molecular flexibility index (Phi) is 4.88. The maximum atomic E-state index is 12.9. The third-order valence-electron chi connectivity index (χ3n) is 4.53. The fourth-order valence-electron chi connectivity index (χ4n) is 3.21. The molecule has 1 aromatic heterocycles. The van der Waals surface area contributed by atoms with Crippen LogP contribution in [0.2, 0.25) is 4.34 Å². The summed E-state index contributed by atoms with van der Waals surface area (Å²) in [4.78, 5) is 0. The molecule has 2 aromatic rings. The second-order valence-electron chi connectivity index (χ2n) is 6.39. The largest absolute Gasteiger partial charge is 0.454 e. The molecule has 0 saturated carbocycles. The minimum atomic E-state index is -3.80. The van der Waals surface area contributed by atoms with Crippen LogP contribution in [0.4, 0.5) is 0 Å². The van der Waals surface area contributed by atoms with Crippen molar-refractivity contribution in [3.63, 3.8) is 0 Å². The van der Waals surface area contributed by atoms with E-state index in [4.69, 9.17) is 21.1 Å². The van der Waals surface area contributed by atoms with E-state index in [1.54, 1.807) is 12.1 Å². The molecule has 0 amide bonds. The number of ether oxygens (including phenoxy) is 2. The van der Waals surface area contributed by atoms with Crippen molar-refractivity contribution in [1.29, 1.82) is 0 Å². The zero-order chi connectivity index (χ0) is 19.2. The number of sulfone groups is 2. The van der Waals surface area contributed by atoms with Gasteiger partial charge in [-0.05, 0) is 29.8 Å². The average Bonchev–Trinajstić information content (AvgIpc) is 3.30. The number of hydrogen-bond donors (Lipinski definition) is 1. The predicted octanol–water partition coefficient (Wildman–Crippen LogP) is 1.86. The van der Waals surface area contributed by atoms with Crippen LogP contribution in [0.3, 0.4) is 0 Å². The Balaban J connectivity index is 1.55. The molecule has 2 atom stereocenters. The van der Waals surface area contributed by atoms with Gasteiger partial charge in [0.05, 0.1) is 21.1 Å². The molecule has 7 nitrogen and oxygen atoms in total. The van der Waals surface area contributed by atoms with Gasteiger partial charge in [-0.2, -0.15) is 0 Å². The highest BCUT2D eigenvalue weighted by molar-refractivity contribution is 7.97. The maximum absolute atomic E-state index is 12.9. The van der Waals surface area contributed by atoms with E-state index < -0.39 is 36.7 Å². The second kappa shape index (κ2) is 6.93. The second-order valence-corrected chi connectivity index (χ2v) is 12.7. The van der Waals surface area contributed by atoms with E-state index in [0.29, 0.717) is 22.4 Å². The molecule has 0 spiro atoms. The van der Waals surface area contributed by atoms with Crippen molar-refractivity contribution in [3.8, 4) is 11.5 Å². The Bertz CT molecular complexity index is 1080. The Hall–Kier alpha value is -1.33. The molecule has 2 aliphatic rings. The molecule has 0 bridgehead atoms. The molecular weight excluding hydrogens is 434 g/mol. The summed E-state index contributed by atoms with van der Waals surface area (Å²) < 4.78 is 61.1. The van der Waals surface area contributed by atoms with Crippen molar-refractivity contribution in [2.45, 2.75) is 22.0 Å². The van der Waals surface area contributed by atoms with Crippen LogP contribution >= 0.6 is 22.9 Å². The lowest BCUT2D eigenvalue weighted by Gasteiger charge is -2.19. The monoisotopic (exact) mass is 449 g/mol. The van der Waals surface area contributed by atoms with E-state index in [1.807, 2.05) is 6.07 Å². The normalized spacial score (nSPS) is 23.6. The standard InChI is InChI=1S/C16H16ClNO6S3/c17-15-3-4-16(25-15)27(21,22)14-8-26(19,20)7-11(14)18-6-10-1-2-12-13(5-10)24-9-23-12/h1-5,11,14,18H,6-9H2/t11-,14-/m0/s1. The molecule has 0 unspecified atom stereocenters. The third kappa shape index (κ3) is 3.81. The summed E-state index contributed by atoms with van der Waals surface area (Å²) in [6, 6.07) is 7.60. The van der Waals surface area contributed by atoms with Gasteiger partial charge < -0.3 is 14.8 Å². The van der Waals surface area contributed by atoms with Gasteiger partial charge in [-0.25, -0.2) is 16.8 Å². The van der Waals surface area contributed by atoms with Gasteiger partial charge in [-0.1, -0.05) is 17.7 Å². The molecule has 146 valence electrons. The van der Waals surface area contributed by atoms with Crippen molar-refractivity contribution >= 4 is 42.6 Å². The van der Waals surface area contributed by atoms with Crippen LogP contribution in [0.15, 0.2) is 34.5 Å². The van der Waals surface area contributed by atoms with Gasteiger partial charge >= 0.3 is 0 Å². The first kappa shape index (κ1) is 19.0. The van der Waals surface area contributed by atoms with Crippen LogP contribution in [0.5, 0.6) is 11.5 Å². The third-order valence-corrected chi connectivity index (χ3v) is 10.4. The number of rotatable bonds is 5. The van der Waals surface area contributed by atoms with E-state index >= 15 is 0 Å². The first-order valence-corrected chi connectivity index (χ1v) is 12.6. The molecule has 1 aromatic carbocycles. The van der Waals surface area contributed by atoms with Gasteiger partial charge in [0.2, 0.25) is 6.79 Å². The lowest BCUT2D eigenvalue weighted by molar-refractivity contribution is 0.174. The SMILES string of the molecule is O=S1(=O)C[C@H](NCc2ccc3c(c2)OCO3)[C@@H](S(=O)(=O)c2ccc(Cl)s2)C1. The molecule has 2 aliphatic heterocycles. The van der Waals surface area contributed by atoms with Gasteiger partial charge in [0, 0.05) is 12.6 Å². The highest BCUT2D eigenvalue weighted by Crippen LogP contribution is 2.34. The van der Waals surface area contributed by atoms with Crippen LogP contribution in [0.25, 0.3) is 0 Å². The number of hydrogen-bond acceptors (Lipinski definition) is 8. The number of thiophene rings is 1. The summed E-state index contributed by atoms with van der Waals surface area (Å²) in [5, 5.41) is 2.04. The number of benzene rings is 1. The first-order chi connectivity index (χ1) is 12.7. The lowest BCUT2D eigenvalue weighted by atomic mass is 10.2. The summed E-state index contributed by atoms with van der Waals surface area (Å²) >= 11 is 6.79. The van der Waals surface area contributed by atoms with Gasteiger partial charge in [-0.15, -0.1) is 11.3 Å². The quantitative estimate of drug-likeness (QED) is 0.743. The molecule has 1 N–H and O–H groups in total. The molecule has 27 heavy (non-hydrogen) atoms. The zero-order valence-electron chi connectivity index (χ0n) is 13.9. The van der Waals surface area contributed by atoms with E-state index in [2.05, 4.69) is 5.32 Å². The highest BCUT2D eigenvalue weighted by atomic mass is 35.5. The molecule has 0 aliphatic carbocycles. The first-order valence-electron chi connectivity index (χ1n) is 8.06. The molecule has 11 heteroatoms. The molecule has 0 radical (unpaired) electrons. The van der Waals surface area contributed by atoms with Gasteiger partial charge in [0.1, 0.15) is 4.21 Å². The molecule has 1 saturated heterocycles. The molecule has 4 rings (SSSR count). The molecule has 3 heterocycles. The summed E-state index contributed by atoms with van der Waals surface area (Å²) in [6.07, 6.45) is 0. The van der Waals surface area contributed by atoms with Crippen LogP contribution in [-0.4, -0.2) is 46.4 Å². The number of halogens is 1. The van der Waals surface area contributed by atoms with E-state index in [1.165, 1.54) is 12.1 Å². The van der Waals surface area contributed by atoms with Crippen molar-refractivity contribution < 1.29 is 26.3 Å². The Morgan fingerprint density at radius 3 is 2.67 bits per heavy atom. The van der Waals surface area contributed by atoms with E-state index in [9.17, 15) is 16.8 Å². The van der Waals surface area contributed by atoms with Gasteiger partial charge in [0.15, 0.2) is 31.2 Å². The summed E-state index contributed by atoms with van der Waals surface area (Å²) in [5.41, 5.74) is 0.846. The predicted molar refractivity (Wildman–Crippen MR) is 102 cm³/mol. The summed E-state index contributed by atoms with van der Waals surface area (Å²) in [7, 11) is -7.26. The van der Waals surface area contributed by atoms with Crippen LogP contribution in [-0.2, 0) is 26.2 Å². The van der Waals surface area contributed by atoms with E-state index in [0.717, 1.165) is 16.9 Å². The highest BCUT2D eigenvalue weighted by Gasteiger charge is 2.46. The maximum Gasteiger partial charge on any atom is 0.231 e. The summed E-state index contributed by atoms with van der Waals surface area (Å²) in [5.74, 6) is 0.646. The van der Waals surface area contributed by atoms with Crippen LogP contribution < -0.4 is 14.8 Å². The van der Waals surface area contributed by atoms with Crippen molar-refractivity contribution in [3.05, 3.63) is 40.2 Å². The van der Waals surface area contributed by atoms with Crippen LogP contribution in [0.1, 0.15) is 5.56 Å². The fourth-order valence-corrected chi connectivity index (χ4v) is 9.64. The lowest BCUT2D eigenvalue weighted by Crippen LogP contribution is -2.42.